The Morgan fingerprint density at radius 2 is 1.85 bits per heavy atom. The van der Waals surface area contributed by atoms with E-state index in [9.17, 15) is 4.79 Å². The van der Waals surface area contributed by atoms with Gasteiger partial charge in [0.25, 0.3) is 0 Å². The van der Waals surface area contributed by atoms with Crippen LogP contribution in [-0.4, -0.2) is 29.7 Å². The Balaban J connectivity index is 1.86. The van der Waals surface area contributed by atoms with Gasteiger partial charge in [0.15, 0.2) is 11.5 Å². The van der Waals surface area contributed by atoms with Crippen LogP contribution in [0.3, 0.4) is 0 Å². The number of nitrogens with one attached hydrogen (secondary N) is 1. The van der Waals surface area contributed by atoms with E-state index in [0.717, 1.165) is 29.7 Å². The summed E-state index contributed by atoms with van der Waals surface area (Å²) >= 11 is 0. The molecule has 3 rings (SSSR count). The second-order valence-corrected chi connectivity index (χ2v) is 6.10. The first-order valence-electron chi connectivity index (χ1n) is 9.02. The highest BCUT2D eigenvalue weighted by Crippen LogP contribution is 2.20. The molecule has 0 atom stereocenters. The molecule has 0 saturated carbocycles. The van der Waals surface area contributed by atoms with Gasteiger partial charge in [-0.05, 0) is 36.2 Å². The summed E-state index contributed by atoms with van der Waals surface area (Å²) in [5.74, 6) is 0.728. The third kappa shape index (κ3) is 4.73. The average Bonchev–Trinajstić information content (AvgIpc) is 2.71. The lowest BCUT2D eigenvalue weighted by Crippen LogP contribution is -2.14. The number of carbonyl (C=O) groups is 1. The fraction of sp³-hybridized carbons (Fsp3) is 0.286. The first-order chi connectivity index (χ1) is 13.2. The molecule has 0 aliphatic heterocycles. The Labute approximate surface area is 158 Å². The van der Waals surface area contributed by atoms with Crippen LogP contribution in [0.25, 0.3) is 11.0 Å². The highest BCUT2D eigenvalue weighted by molar-refractivity contribution is 5.95. The van der Waals surface area contributed by atoms with Crippen LogP contribution in [0.5, 0.6) is 5.75 Å². The minimum absolute atomic E-state index is 0.202. The largest absolute Gasteiger partial charge is 0.497 e. The van der Waals surface area contributed by atoms with Crippen molar-refractivity contribution < 1.29 is 14.3 Å². The van der Waals surface area contributed by atoms with Crippen LogP contribution in [0.2, 0.25) is 0 Å². The number of hydrogen-bond acceptors (Lipinski definition) is 6. The van der Waals surface area contributed by atoms with E-state index in [1.807, 2.05) is 55.5 Å². The minimum atomic E-state index is -0.463. The van der Waals surface area contributed by atoms with E-state index < -0.39 is 5.97 Å². The van der Waals surface area contributed by atoms with Crippen molar-refractivity contribution >= 4 is 22.8 Å². The third-order valence-electron chi connectivity index (χ3n) is 4.09. The first kappa shape index (κ1) is 18.6. The molecule has 0 saturated heterocycles. The van der Waals surface area contributed by atoms with Crippen LogP contribution >= 0.6 is 0 Å². The van der Waals surface area contributed by atoms with Gasteiger partial charge in [-0.15, -0.1) is 0 Å². The number of unbranched alkanes of at least 4 members (excludes halogenated alkanes) is 1. The average molecular weight is 365 g/mol. The van der Waals surface area contributed by atoms with Crippen molar-refractivity contribution in [1.82, 2.24) is 9.97 Å². The summed E-state index contributed by atoms with van der Waals surface area (Å²) in [7, 11) is 1.63. The van der Waals surface area contributed by atoms with E-state index in [1.54, 1.807) is 7.11 Å². The zero-order valence-corrected chi connectivity index (χ0v) is 15.6. The molecule has 6 nitrogen and oxygen atoms in total. The number of nitrogens with zero attached hydrogens (tertiary/aromatic N) is 2. The molecule has 0 fully saturated rings. The number of para-hydroxylation sites is 2. The summed E-state index contributed by atoms with van der Waals surface area (Å²) in [5, 5.41) is 3.21. The van der Waals surface area contributed by atoms with Crippen molar-refractivity contribution in [3.05, 3.63) is 59.8 Å². The molecule has 1 heterocycles. The SMILES string of the molecule is CCCCOC(=O)c1nc2ccccc2nc1NCc1cccc(OC)c1. The standard InChI is InChI=1S/C21H23N3O3/c1-3-4-12-27-21(25)19-20(24-18-11-6-5-10-17(18)23-19)22-14-15-8-7-9-16(13-15)26-2/h5-11,13H,3-4,12,14H2,1-2H3,(H,22,24). The Hall–Kier alpha value is -3.15. The molecule has 0 unspecified atom stereocenters. The van der Waals surface area contributed by atoms with Crippen molar-refractivity contribution in [3.8, 4) is 5.75 Å². The smallest absolute Gasteiger partial charge is 0.360 e. The van der Waals surface area contributed by atoms with Gasteiger partial charge in [0, 0.05) is 6.54 Å². The van der Waals surface area contributed by atoms with Gasteiger partial charge in [0.1, 0.15) is 5.75 Å². The molecule has 0 aliphatic rings. The number of ether oxygens (including phenoxy) is 2. The maximum atomic E-state index is 12.5. The van der Waals surface area contributed by atoms with Crippen LogP contribution in [-0.2, 0) is 11.3 Å². The molecule has 6 heteroatoms. The Morgan fingerprint density at radius 1 is 1.07 bits per heavy atom. The van der Waals surface area contributed by atoms with Crippen molar-refractivity contribution in [2.75, 3.05) is 19.0 Å². The van der Waals surface area contributed by atoms with Crippen LogP contribution in [0.1, 0.15) is 35.8 Å². The predicted octanol–water partition coefficient (Wildman–Crippen LogP) is 4.21. The second-order valence-electron chi connectivity index (χ2n) is 6.10. The monoisotopic (exact) mass is 365 g/mol. The van der Waals surface area contributed by atoms with Crippen LogP contribution in [0.15, 0.2) is 48.5 Å². The number of carbonyl (C=O) groups excluding carboxylic acids is 1. The topological polar surface area (TPSA) is 73.3 Å². The summed E-state index contributed by atoms with van der Waals surface area (Å²) in [4.78, 5) is 21.6. The number of rotatable bonds is 8. The fourth-order valence-corrected chi connectivity index (χ4v) is 2.61. The second kappa shape index (κ2) is 8.98. The maximum absolute atomic E-state index is 12.5. The van der Waals surface area contributed by atoms with Gasteiger partial charge in [-0.25, -0.2) is 14.8 Å². The van der Waals surface area contributed by atoms with Gasteiger partial charge < -0.3 is 14.8 Å². The van der Waals surface area contributed by atoms with Gasteiger partial charge in [-0.1, -0.05) is 37.6 Å². The highest BCUT2D eigenvalue weighted by atomic mass is 16.5. The van der Waals surface area contributed by atoms with E-state index in [2.05, 4.69) is 15.3 Å². The van der Waals surface area contributed by atoms with Gasteiger partial charge in [-0.2, -0.15) is 0 Å². The molecule has 1 N–H and O–H groups in total. The van der Waals surface area contributed by atoms with Crippen molar-refractivity contribution in [2.24, 2.45) is 0 Å². The Morgan fingerprint density at radius 3 is 2.59 bits per heavy atom. The van der Waals surface area contributed by atoms with E-state index in [1.165, 1.54) is 0 Å². The van der Waals surface area contributed by atoms with Crippen molar-refractivity contribution in [3.63, 3.8) is 0 Å². The normalized spacial score (nSPS) is 10.6. The number of methoxy groups -OCH3 is 1. The molecule has 140 valence electrons. The van der Waals surface area contributed by atoms with E-state index in [4.69, 9.17) is 9.47 Å². The maximum Gasteiger partial charge on any atom is 0.360 e. The molecule has 27 heavy (non-hydrogen) atoms. The van der Waals surface area contributed by atoms with Gasteiger partial charge in [0.05, 0.1) is 24.8 Å². The summed E-state index contributed by atoms with van der Waals surface area (Å²) in [6.45, 7) is 2.91. The van der Waals surface area contributed by atoms with Crippen molar-refractivity contribution in [1.29, 1.82) is 0 Å². The third-order valence-corrected chi connectivity index (χ3v) is 4.09. The molecule has 0 aliphatic carbocycles. The first-order valence-corrected chi connectivity index (χ1v) is 9.02. The quantitative estimate of drug-likeness (QED) is 0.476. The van der Waals surface area contributed by atoms with E-state index >= 15 is 0 Å². The minimum Gasteiger partial charge on any atom is -0.497 e. The van der Waals surface area contributed by atoms with E-state index in [0.29, 0.717) is 24.5 Å². The van der Waals surface area contributed by atoms with Crippen LogP contribution in [0.4, 0.5) is 5.82 Å². The Bertz CT molecular complexity index is 927. The highest BCUT2D eigenvalue weighted by Gasteiger charge is 2.18. The number of anilines is 1. The molecular weight excluding hydrogens is 342 g/mol. The predicted molar refractivity (Wildman–Crippen MR) is 105 cm³/mol. The lowest BCUT2D eigenvalue weighted by Gasteiger charge is -2.12. The molecule has 1 aromatic heterocycles. The van der Waals surface area contributed by atoms with E-state index in [-0.39, 0.29) is 5.69 Å². The zero-order valence-electron chi connectivity index (χ0n) is 15.6. The summed E-state index contributed by atoms with van der Waals surface area (Å²) in [6.07, 6.45) is 1.77. The molecule has 0 radical (unpaired) electrons. The van der Waals surface area contributed by atoms with Gasteiger partial charge in [-0.3, -0.25) is 0 Å². The molecule has 2 aromatic carbocycles. The van der Waals surface area contributed by atoms with Crippen LogP contribution in [0, 0.1) is 0 Å². The zero-order chi connectivity index (χ0) is 19.1. The number of aromatic nitrogens is 2. The lowest BCUT2D eigenvalue weighted by molar-refractivity contribution is 0.0494. The molecule has 3 aromatic rings. The fourth-order valence-electron chi connectivity index (χ4n) is 2.61. The number of benzene rings is 2. The molecule has 0 spiro atoms. The summed E-state index contributed by atoms with van der Waals surface area (Å²) < 4.78 is 10.6. The van der Waals surface area contributed by atoms with Crippen molar-refractivity contribution in [2.45, 2.75) is 26.3 Å². The lowest BCUT2D eigenvalue weighted by atomic mass is 10.2. The Kier molecular flexibility index (Phi) is 6.20. The van der Waals surface area contributed by atoms with Gasteiger partial charge in [0.2, 0.25) is 0 Å². The molecule has 0 amide bonds. The van der Waals surface area contributed by atoms with Gasteiger partial charge >= 0.3 is 5.97 Å². The number of esters is 1. The number of fused-ring (bicyclic) bond motifs is 1. The summed E-state index contributed by atoms with van der Waals surface area (Å²) in [6, 6.07) is 15.2. The summed E-state index contributed by atoms with van der Waals surface area (Å²) in [5.41, 5.74) is 2.59. The number of hydrogen-bond donors (Lipinski definition) is 1. The van der Waals surface area contributed by atoms with Crippen LogP contribution < -0.4 is 10.1 Å². The molecule has 0 bridgehead atoms. The molecular formula is C21H23N3O3.